The van der Waals surface area contributed by atoms with Crippen molar-refractivity contribution in [2.75, 3.05) is 45.8 Å². The van der Waals surface area contributed by atoms with E-state index in [-0.39, 0.29) is 12.4 Å². The summed E-state index contributed by atoms with van der Waals surface area (Å²) in [6, 6.07) is 0. The van der Waals surface area contributed by atoms with Gasteiger partial charge in [-0.15, -0.1) is 0 Å². The van der Waals surface area contributed by atoms with Crippen LogP contribution < -0.4 is 12.4 Å². The molecule has 0 atom stereocenters. The van der Waals surface area contributed by atoms with Crippen molar-refractivity contribution in [2.45, 2.75) is 72.1 Å². The molecule has 0 bridgehead atoms. The van der Waals surface area contributed by atoms with Gasteiger partial charge < -0.3 is 16.9 Å². The Balaban J connectivity index is 0.00000400. The summed E-state index contributed by atoms with van der Waals surface area (Å²) in [5.74, 6) is 0. The number of halogens is 1. The minimum Gasteiger partial charge on any atom is -1.00 e. The molecule has 0 aromatic heterocycles. The minimum absolute atomic E-state index is 0. The van der Waals surface area contributed by atoms with E-state index in [1.54, 1.807) is 0 Å². The van der Waals surface area contributed by atoms with Crippen LogP contribution in [-0.2, 0) is 0 Å². The summed E-state index contributed by atoms with van der Waals surface area (Å²) in [4.78, 5) is 2.71. The fourth-order valence-corrected chi connectivity index (χ4v) is 3.46. The topological polar surface area (TPSA) is 3.24 Å². The highest BCUT2D eigenvalue weighted by Crippen LogP contribution is 2.18. The van der Waals surface area contributed by atoms with E-state index >= 15 is 0 Å². The van der Waals surface area contributed by atoms with Crippen molar-refractivity contribution < 1.29 is 16.9 Å². The fraction of sp³-hybridized carbons (Fsp3) is 1.00. The average Bonchev–Trinajstić information content (AvgIpc) is 2.49. The molecular formula is C18H39ClN2. The highest BCUT2D eigenvalue weighted by molar-refractivity contribution is 4.65. The van der Waals surface area contributed by atoms with E-state index < -0.39 is 0 Å². The van der Waals surface area contributed by atoms with Gasteiger partial charge in [0.1, 0.15) is 0 Å². The zero-order chi connectivity index (χ0) is 14.7. The maximum absolute atomic E-state index is 2.71. The van der Waals surface area contributed by atoms with E-state index in [2.05, 4.69) is 25.7 Å². The Morgan fingerprint density at radius 2 is 1.29 bits per heavy atom. The Morgan fingerprint density at radius 1 is 0.714 bits per heavy atom. The quantitative estimate of drug-likeness (QED) is 0.410. The molecule has 0 unspecified atom stereocenters. The van der Waals surface area contributed by atoms with Crippen LogP contribution in [0.15, 0.2) is 0 Å². The van der Waals surface area contributed by atoms with Crippen LogP contribution in [0.2, 0.25) is 0 Å². The van der Waals surface area contributed by atoms with E-state index in [1.807, 2.05) is 0 Å². The van der Waals surface area contributed by atoms with Crippen LogP contribution in [0, 0.1) is 0 Å². The predicted molar refractivity (Wildman–Crippen MR) is 90.1 cm³/mol. The molecule has 0 aromatic carbocycles. The number of hydrogen-bond acceptors (Lipinski definition) is 1. The van der Waals surface area contributed by atoms with Crippen LogP contribution in [0.5, 0.6) is 0 Å². The summed E-state index contributed by atoms with van der Waals surface area (Å²) < 4.78 is 1.43. The first-order valence-electron chi connectivity index (χ1n) is 9.33. The molecule has 0 N–H and O–H groups in total. The fourth-order valence-electron chi connectivity index (χ4n) is 3.46. The molecule has 0 amide bonds. The molecular weight excluding hydrogens is 280 g/mol. The number of hydrogen-bond donors (Lipinski definition) is 0. The largest absolute Gasteiger partial charge is 1.00 e. The van der Waals surface area contributed by atoms with Gasteiger partial charge in [-0.3, -0.25) is 4.90 Å². The summed E-state index contributed by atoms with van der Waals surface area (Å²) in [5.41, 5.74) is 0. The van der Waals surface area contributed by atoms with Crippen LogP contribution in [0.25, 0.3) is 0 Å². The van der Waals surface area contributed by atoms with Gasteiger partial charge in [-0.25, -0.2) is 0 Å². The molecule has 1 aliphatic rings. The number of quaternary nitrogens is 1. The second-order valence-electron chi connectivity index (χ2n) is 6.85. The molecule has 128 valence electrons. The molecule has 2 nitrogen and oxygen atoms in total. The summed E-state index contributed by atoms with van der Waals surface area (Å²) in [6.07, 6.45) is 11.2. The van der Waals surface area contributed by atoms with Crippen molar-refractivity contribution >= 4 is 0 Å². The first-order valence-corrected chi connectivity index (χ1v) is 9.33. The van der Waals surface area contributed by atoms with E-state index in [9.17, 15) is 0 Å². The highest BCUT2D eigenvalue weighted by atomic mass is 35.5. The molecule has 0 saturated carbocycles. The smallest absolute Gasteiger partial charge is 0.0916 e. The third-order valence-electron chi connectivity index (χ3n) is 5.08. The van der Waals surface area contributed by atoms with Gasteiger partial charge in [0.25, 0.3) is 0 Å². The van der Waals surface area contributed by atoms with E-state index in [1.165, 1.54) is 102 Å². The lowest BCUT2D eigenvalue weighted by atomic mass is 10.1. The zero-order valence-corrected chi connectivity index (χ0v) is 15.6. The van der Waals surface area contributed by atoms with Crippen LogP contribution in [0.1, 0.15) is 72.1 Å². The maximum Gasteiger partial charge on any atom is 0.0916 e. The monoisotopic (exact) mass is 318 g/mol. The van der Waals surface area contributed by atoms with Crippen LogP contribution in [0.3, 0.4) is 0 Å². The van der Waals surface area contributed by atoms with Crippen molar-refractivity contribution in [2.24, 2.45) is 0 Å². The van der Waals surface area contributed by atoms with Crippen LogP contribution in [0.4, 0.5) is 0 Å². The number of piperazine rings is 1. The average molecular weight is 319 g/mol. The summed E-state index contributed by atoms with van der Waals surface area (Å²) in [7, 11) is 0. The Labute approximate surface area is 140 Å². The molecule has 1 aliphatic heterocycles. The third kappa shape index (κ3) is 8.42. The van der Waals surface area contributed by atoms with Gasteiger partial charge in [-0.2, -0.15) is 0 Å². The van der Waals surface area contributed by atoms with Crippen molar-refractivity contribution in [1.82, 2.24) is 4.90 Å². The molecule has 1 rings (SSSR count). The highest BCUT2D eigenvalue weighted by Gasteiger charge is 2.31. The summed E-state index contributed by atoms with van der Waals surface area (Å²) in [5, 5.41) is 0. The Kier molecular flexibility index (Phi) is 12.9. The molecule has 1 saturated heterocycles. The lowest BCUT2D eigenvalue weighted by Gasteiger charge is -2.45. The first kappa shape index (κ1) is 21.2. The molecule has 0 spiro atoms. The van der Waals surface area contributed by atoms with Crippen LogP contribution in [-0.4, -0.2) is 55.2 Å². The first-order chi connectivity index (χ1) is 9.76. The van der Waals surface area contributed by atoms with Crippen molar-refractivity contribution in [3.05, 3.63) is 0 Å². The molecule has 0 aromatic rings. The molecule has 21 heavy (non-hydrogen) atoms. The van der Waals surface area contributed by atoms with Crippen molar-refractivity contribution in [3.63, 3.8) is 0 Å². The Morgan fingerprint density at radius 3 is 1.86 bits per heavy atom. The number of nitrogens with zero attached hydrogens (tertiary/aromatic N) is 2. The molecule has 1 heterocycles. The lowest BCUT2D eigenvalue weighted by Crippen LogP contribution is -3.00. The number of unbranched alkanes of at least 4 members (excludes halogenated alkanes) is 5. The summed E-state index contributed by atoms with van der Waals surface area (Å²) >= 11 is 0. The third-order valence-corrected chi connectivity index (χ3v) is 5.08. The van der Waals surface area contributed by atoms with Gasteiger partial charge in [0.2, 0.25) is 0 Å². The maximum atomic E-state index is 2.71. The molecule has 1 fully saturated rings. The Bertz CT molecular complexity index is 225. The van der Waals surface area contributed by atoms with Crippen molar-refractivity contribution in [1.29, 1.82) is 0 Å². The van der Waals surface area contributed by atoms with E-state index in [0.29, 0.717) is 0 Å². The zero-order valence-electron chi connectivity index (χ0n) is 14.9. The standard InChI is InChI=1S/C18H39N2.ClH/c1-4-7-10-11-16-20(15-9-6-3)17-13-19(14-18-20)12-8-5-2;/h4-18H2,1-3H3;1H/q+1;/p-1. The molecule has 0 aliphatic carbocycles. The van der Waals surface area contributed by atoms with E-state index in [0.717, 1.165) is 0 Å². The van der Waals surface area contributed by atoms with Gasteiger partial charge >= 0.3 is 0 Å². The minimum atomic E-state index is 0. The van der Waals surface area contributed by atoms with E-state index in [4.69, 9.17) is 0 Å². The predicted octanol–water partition coefficient (Wildman–Crippen LogP) is 1.30. The normalized spacial score (nSPS) is 18.4. The van der Waals surface area contributed by atoms with Crippen LogP contribution >= 0.6 is 0 Å². The second-order valence-corrected chi connectivity index (χ2v) is 6.85. The Hall–Kier alpha value is 0.210. The van der Waals surface area contributed by atoms with Gasteiger partial charge in [-0.05, 0) is 32.2 Å². The van der Waals surface area contributed by atoms with Gasteiger partial charge in [-0.1, -0.05) is 46.5 Å². The second kappa shape index (κ2) is 12.7. The summed E-state index contributed by atoms with van der Waals surface area (Å²) in [6.45, 7) is 16.7. The molecule has 3 heteroatoms. The number of rotatable bonds is 11. The van der Waals surface area contributed by atoms with Gasteiger partial charge in [0, 0.05) is 13.1 Å². The van der Waals surface area contributed by atoms with Gasteiger partial charge in [0.05, 0.1) is 26.2 Å². The van der Waals surface area contributed by atoms with Gasteiger partial charge in [0.15, 0.2) is 0 Å². The molecule has 0 radical (unpaired) electrons. The lowest BCUT2D eigenvalue weighted by molar-refractivity contribution is -0.932. The SMILES string of the molecule is CCCCCC[N+]1(CCCC)CCN(CCCC)CC1.[Cl-]. The van der Waals surface area contributed by atoms with Crippen molar-refractivity contribution in [3.8, 4) is 0 Å².